The fraction of sp³-hybridized carbons (Fsp3) is 0.333. The van der Waals surface area contributed by atoms with E-state index in [0.717, 1.165) is 18.4 Å². The van der Waals surface area contributed by atoms with Crippen LogP contribution in [0.4, 0.5) is 4.39 Å². The van der Waals surface area contributed by atoms with Crippen LogP contribution in [0.25, 0.3) is 0 Å². The highest BCUT2D eigenvalue weighted by Crippen LogP contribution is 2.23. The van der Waals surface area contributed by atoms with E-state index in [2.05, 4.69) is 43.4 Å². The Morgan fingerprint density at radius 2 is 1.60 bits per heavy atom. The lowest BCUT2D eigenvalue weighted by molar-refractivity contribution is 0.439. The van der Waals surface area contributed by atoms with Gasteiger partial charge in [-0.05, 0) is 36.6 Å². The Kier molecular flexibility index (Phi) is 5.31. The third kappa shape index (κ3) is 3.91. The molecule has 1 unspecified atom stereocenters. The molecule has 2 aromatic rings. The maximum absolute atomic E-state index is 13.0. The largest absolute Gasteiger partial charge is 0.303 e. The molecule has 0 aliphatic rings. The van der Waals surface area contributed by atoms with Crippen molar-refractivity contribution in [3.05, 3.63) is 71.5 Å². The molecule has 1 nitrogen and oxygen atoms in total. The van der Waals surface area contributed by atoms with Gasteiger partial charge in [-0.15, -0.1) is 0 Å². The SMILES string of the molecule is CCCC(N[C@@H](C)c1ccc(F)cc1)c1ccccc1. The van der Waals surface area contributed by atoms with E-state index in [1.54, 1.807) is 0 Å². The van der Waals surface area contributed by atoms with Gasteiger partial charge in [0.05, 0.1) is 0 Å². The molecule has 106 valence electrons. The number of hydrogen-bond acceptors (Lipinski definition) is 1. The number of rotatable bonds is 6. The summed E-state index contributed by atoms with van der Waals surface area (Å²) in [5.41, 5.74) is 2.42. The predicted octanol–water partition coefficient (Wildman–Crippen LogP) is 5.02. The third-order valence-corrected chi connectivity index (χ3v) is 3.60. The van der Waals surface area contributed by atoms with Gasteiger partial charge < -0.3 is 5.32 Å². The molecule has 0 saturated carbocycles. The number of halogens is 1. The fourth-order valence-electron chi connectivity index (χ4n) is 2.47. The van der Waals surface area contributed by atoms with Gasteiger partial charge in [0.25, 0.3) is 0 Å². The van der Waals surface area contributed by atoms with Crippen molar-refractivity contribution in [2.75, 3.05) is 0 Å². The summed E-state index contributed by atoms with van der Waals surface area (Å²) in [5, 5.41) is 3.65. The van der Waals surface area contributed by atoms with Crippen LogP contribution in [-0.2, 0) is 0 Å². The van der Waals surface area contributed by atoms with Crippen molar-refractivity contribution >= 4 is 0 Å². The molecule has 0 spiro atoms. The van der Waals surface area contributed by atoms with Crippen LogP contribution in [0.2, 0.25) is 0 Å². The van der Waals surface area contributed by atoms with Crippen LogP contribution in [0.5, 0.6) is 0 Å². The molecule has 2 rings (SSSR count). The van der Waals surface area contributed by atoms with Crippen molar-refractivity contribution in [1.29, 1.82) is 0 Å². The van der Waals surface area contributed by atoms with Gasteiger partial charge in [0, 0.05) is 12.1 Å². The van der Waals surface area contributed by atoms with Crippen LogP contribution in [0, 0.1) is 5.82 Å². The van der Waals surface area contributed by atoms with Crippen LogP contribution >= 0.6 is 0 Å². The van der Waals surface area contributed by atoms with Crippen molar-refractivity contribution < 1.29 is 4.39 Å². The van der Waals surface area contributed by atoms with Gasteiger partial charge in [-0.25, -0.2) is 4.39 Å². The molecule has 0 amide bonds. The summed E-state index contributed by atoms with van der Waals surface area (Å²) >= 11 is 0. The lowest BCUT2D eigenvalue weighted by Gasteiger charge is -2.24. The number of nitrogens with one attached hydrogen (secondary N) is 1. The van der Waals surface area contributed by atoms with E-state index in [1.165, 1.54) is 17.7 Å². The molecule has 2 aromatic carbocycles. The lowest BCUT2D eigenvalue weighted by Crippen LogP contribution is -2.24. The van der Waals surface area contributed by atoms with Crippen molar-refractivity contribution in [2.24, 2.45) is 0 Å². The second-order valence-corrected chi connectivity index (χ2v) is 5.19. The second kappa shape index (κ2) is 7.20. The minimum Gasteiger partial charge on any atom is -0.303 e. The van der Waals surface area contributed by atoms with Crippen LogP contribution in [0.1, 0.15) is 49.9 Å². The van der Waals surface area contributed by atoms with E-state index < -0.39 is 0 Å². The average Bonchev–Trinajstić information content (AvgIpc) is 2.48. The van der Waals surface area contributed by atoms with E-state index in [-0.39, 0.29) is 11.9 Å². The fourth-order valence-corrected chi connectivity index (χ4v) is 2.47. The van der Waals surface area contributed by atoms with Crippen molar-refractivity contribution in [3.8, 4) is 0 Å². The summed E-state index contributed by atoms with van der Waals surface area (Å²) in [6.07, 6.45) is 2.22. The maximum atomic E-state index is 13.0. The number of benzene rings is 2. The Labute approximate surface area is 120 Å². The topological polar surface area (TPSA) is 12.0 Å². The summed E-state index contributed by atoms with van der Waals surface area (Å²) in [5.74, 6) is -0.186. The molecule has 0 aliphatic carbocycles. The molecule has 0 heterocycles. The highest BCUT2D eigenvalue weighted by atomic mass is 19.1. The van der Waals surface area contributed by atoms with Gasteiger partial charge in [-0.1, -0.05) is 55.8 Å². The van der Waals surface area contributed by atoms with E-state index in [0.29, 0.717) is 6.04 Å². The Balaban J connectivity index is 2.10. The molecule has 2 heteroatoms. The summed E-state index contributed by atoms with van der Waals surface area (Å²) in [4.78, 5) is 0. The first kappa shape index (κ1) is 14.7. The molecule has 0 fully saturated rings. The molecule has 20 heavy (non-hydrogen) atoms. The van der Waals surface area contributed by atoms with Gasteiger partial charge in [0.15, 0.2) is 0 Å². The quantitative estimate of drug-likeness (QED) is 0.778. The van der Waals surface area contributed by atoms with Crippen molar-refractivity contribution in [1.82, 2.24) is 5.32 Å². The van der Waals surface area contributed by atoms with Gasteiger partial charge in [0.1, 0.15) is 5.82 Å². The van der Waals surface area contributed by atoms with E-state index >= 15 is 0 Å². The Hall–Kier alpha value is -1.67. The zero-order valence-electron chi connectivity index (χ0n) is 12.1. The molecule has 0 aromatic heterocycles. The minimum absolute atomic E-state index is 0.186. The molecular formula is C18H22FN. The zero-order chi connectivity index (χ0) is 14.4. The minimum atomic E-state index is -0.186. The molecular weight excluding hydrogens is 249 g/mol. The molecule has 2 atom stereocenters. The van der Waals surface area contributed by atoms with Gasteiger partial charge in [-0.3, -0.25) is 0 Å². The van der Waals surface area contributed by atoms with E-state index in [4.69, 9.17) is 0 Å². The van der Waals surface area contributed by atoms with Gasteiger partial charge in [0.2, 0.25) is 0 Å². The van der Waals surface area contributed by atoms with Crippen LogP contribution in [0.15, 0.2) is 54.6 Å². The van der Waals surface area contributed by atoms with Crippen molar-refractivity contribution in [2.45, 2.75) is 38.8 Å². The molecule has 0 aliphatic heterocycles. The maximum Gasteiger partial charge on any atom is 0.123 e. The molecule has 0 radical (unpaired) electrons. The Morgan fingerprint density at radius 1 is 0.950 bits per heavy atom. The van der Waals surface area contributed by atoms with E-state index in [1.807, 2.05) is 18.2 Å². The summed E-state index contributed by atoms with van der Waals surface area (Å²) in [6.45, 7) is 4.32. The first-order chi connectivity index (χ1) is 9.70. The van der Waals surface area contributed by atoms with Crippen LogP contribution in [0.3, 0.4) is 0 Å². The first-order valence-corrected chi connectivity index (χ1v) is 7.27. The standard InChI is InChI=1S/C18H22FN/c1-3-7-18(16-8-5-4-6-9-16)20-14(2)15-10-12-17(19)13-11-15/h4-6,8-14,18,20H,3,7H2,1-2H3/t14-,18?/m0/s1. The monoisotopic (exact) mass is 271 g/mol. The highest BCUT2D eigenvalue weighted by Gasteiger charge is 2.14. The zero-order valence-corrected chi connectivity index (χ0v) is 12.1. The summed E-state index contributed by atoms with van der Waals surface area (Å²) < 4.78 is 13.0. The third-order valence-electron chi connectivity index (χ3n) is 3.60. The highest BCUT2D eigenvalue weighted by molar-refractivity contribution is 5.22. The normalized spacial score (nSPS) is 13.9. The second-order valence-electron chi connectivity index (χ2n) is 5.19. The van der Waals surface area contributed by atoms with Crippen LogP contribution < -0.4 is 5.32 Å². The smallest absolute Gasteiger partial charge is 0.123 e. The molecule has 1 N–H and O–H groups in total. The Bertz CT molecular complexity index is 507. The number of hydrogen-bond donors (Lipinski definition) is 1. The van der Waals surface area contributed by atoms with Gasteiger partial charge in [-0.2, -0.15) is 0 Å². The van der Waals surface area contributed by atoms with Gasteiger partial charge >= 0.3 is 0 Å². The molecule has 0 bridgehead atoms. The lowest BCUT2D eigenvalue weighted by atomic mass is 9.99. The first-order valence-electron chi connectivity index (χ1n) is 7.27. The van der Waals surface area contributed by atoms with E-state index in [9.17, 15) is 4.39 Å². The van der Waals surface area contributed by atoms with Crippen molar-refractivity contribution in [3.63, 3.8) is 0 Å². The molecule has 0 saturated heterocycles. The average molecular weight is 271 g/mol. The summed E-state index contributed by atoms with van der Waals surface area (Å²) in [7, 11) is 0. The summed E-state index contributed by atoms with van der Waals surface area (Å²) in [6, 6.07) is 17.8. The Morgan fingerprint density at radius 3 is 2.20 bits per heavy atom. The predicted molar refractivity (Wildman–Crippen MR) is 82.0 cm³/mol. The van der Waals surface area contributed by atoms with Crippen LogP contribution in [-0.4, -0.2) is 0 Å².